The van der Waals surface area contributed by atoms with Gasteiger partial charge in [0.2, 0.25) is 5.91 Å². The molecule has 3 heterocycles. The van der Waals surface area contributed by atoms with Gasteiger partial charge in [-0.3, -0.25) is 4.79 Å². The topological polar surface area (TPSA) is 51.0 Å². The number of benzene rings is 1. The van der Waals surface area contributed by atoms with Crippen LogP contribution in [-0.4, -0.2) is 38.4 Å². The Hall–Kier alpha value is -2.73. The van der Waals surface area contributed by atoms with E-state index in [1.165, 1.54) is 29.5 Å². The molecule has 152 valence electrons. The summed E-state index contributed by atoms with van der Waals surface area (Å²) in [4.78, 5) is 24.6. The highest BCUT2D eigenvalue weighted by molar-refractivity contribution is 7.07. The molecule has 2 fully saturated rings. The quantitative estimate of drug-likeness (QED) is 0.619. The zero-order valence-electron chi connectivity index (χ0n) is 17.0. The van der Waals surface area contributed by atoms with E-state index in [0.717, 1.165) is 36.5 Å². The molecule has 2 aliphatic carbocycles. The SMILES string of the molecule is Cc1ccc2c(c1)nc(CCN1CC3C(c4cscn4)=CC=CC3C1=O)n2C1CC1. The molecule has 1 saturated carbocycles. The van der Waals surface area contributed by atoms with Crippen LogP contribution < -0.4 is 0 Å². The number of thiazole rings is 1. The van der Waals surface area contributed by atoms with E-state index in [0.29, 0.717) is 6.04 Å². The molecule has 0 bridgehead atoms. The molecule has 3 aromatic rings. The van der Waals surface area contributed by atoms with Gasteiger partial charge in [0.25, 0.3) is 0 Å². The standard InChI is InChI=1S/C24H24N4OS/c1-15-5-8-22-20(11-15)26-23(28(22)16-6-7-16)9-10-27-12-19-17(21-13-30-14-25-21)3-2-4-18(19)24(27)29/h2-5,8,11,13-14,16,18-19H,6-7,9-10,12H2,1H3. The fourth-order valence-corrected chi connectivity index (χ4v) is 5.54. The van der Waals surface area contributed by atoms with E-state index < -0.39 is 0 Å². The third-order valence-electron chi connectivity index (χ3n) is 6.60. The molecule has 2 unspecified atom stereocenters. The van der Waals surface area contributed by atoms with E-state index in [1.54, 1.807) is 11.3 Å². The maximum absolute atomic E-state index is 13.1. The van der Waals surface area contributed by atoms with Crippen LogP contribution in [0.3, 0.4) is 0 Å². The third kappa shape index (κ3) is 2.93. The molecule has 2 aromatic heterocycles. The lowest BCUT2D eigenvalue weighted by atomic mass is 9.83. The fourth-order valence-electron chi connectivity index (χ4n) is 4.98. The molecular weight excluding hydrogens is 392 g/mol. The Balaban J connectivity index is 1.24. The van der Waals surface area contributed by atoms with E-state index in [1.807, 2.05) is 16.5 Å². The molecule has 5 nitrogen and oxygen atoms in total. The van der Waals surface area contributed by atoms with Crippen LogP contribution in [0.5, 0.6) is 0 Å². The number of carbonyl (C=O) groups is 1. The number of carbonyl (C=O) groups excluding carboxylic acids is 1. The van der Waals surface area contributed by atoms with Gasteiger partial charge in [-0.05, 0) is 43.0 Å². The Morgan fingerprint density at radius 1 is 1.27 bits per heavy atom. The van der Waals surface area contributed by atoms with Gasteiger partial charge >= 0.3 is 0 Å². The molecule has 30 heavy (non-hydrogen) atoms. The van der Waals surface area contributed by atoms with Crippen molar-refractivity contribution in [1.82, 2.24) is 19.4 Å². The van der Waals surface area contributed by atoms with Gasteiger partial charge in [0.15, 0.2) is 0 Å². The van der Waals surface area contributed by atoms with Crippen molar-refractivity contribution in [1.29, 1.82) is 0 Å². The number of amides is 1. The van der Waals surface area contributed by atoms with Gasteiger partial charge in [-0.25, -0.2) is 9.97 Å². The van der Waals surface area contributed by atoms with Gasteiger partial charge in [-0.2, -0.15) is 0 Å². The molecule has 1 aromatic carbocycles. The summed E-state index contributed by atoms with van der Waals surface area (Å²) in [6, 6.07) is 7.11. The predicted octanol–water partition coefficient (Wildman–Crippen LogP) is 4.41. The van der Waals surface area contributed by atoms with E-state index in [4.69, 9.17) is 4.98 Å². The number of imidazole rings is 1. The molecule has 1 aliphatic heterocycles. The van der Waals surface area contributed by atoms with Crippen molar-refractivity contribution in [2.45, 2.75) is 32.2 Å². The summed E-state index contributed by atoms with van der Waals surface area (Å²) in [5.41, 5.74) is 7.62. The van der Waals surface area contributed by atoms with E-state index in [2.05, 4.69) is 52.2 Å². The first kappa shape index (κ1) is 18.1. The number of aryl methyl sites for hydroxylation is 1. The number of aromatic nitrogens is 3. The van der Waals surface area contributed by atoms with E-state index in [-0.39, 0.29) is 17.7 Å². The summed E-state index contributed by atoms with van der Waals surface area (Å²) in [5, 5.41) is 2.08. The van der Waals surface area contributed by atoms with Crippen molar-refractivity contribution in [3.63, 3.8) is 0 Å². The first-order valence-electron chi connectivity index (χ1n) is 10.7. The summed E-state index contributed by atoms with van der Waals surface area (Å²) in [7, 11) is 0. The second-order valence-electron chi connectivity index (χ2n) is 8.67. The van der Waals surface area contributed by atoms with Crippen molar-refractivity contribution in [3.8, 4) is 0 Å². The molecule has 2 atom stereocenters. The van der Waals surface area contributed by atoms with E-state index in [9.17, 15) is 4.79 Å². The van der Waals surface area contributed by atoms with Crippen LogP contribution in [0, 0.1) is 18.8 Å². The van der Waals surface area contributed by atoms with Gasteiger partial charge in [-0.1, -0.05) is 24.3 Å². The smallest absolute Gasteiger partial charge is 0.230 e. The average Bonchev–Trinajstić information content (AvgIpc) is 3.18. The van der Waals surface area contributed by atoms with Crippen molar-refractivity contribution in [3.05, 3.63) is 64.4 Å². The lowest BCUT2D eigenvalue weighted by molar-refractivity contribution is -0.129. The summed E-state index contributed by atoms with van der Waals surface area (Å²) in [6.07, 6.45) is 9.46. The monoisotopic (exact) mass is 416 g/mol. The van der Waals surface area contributed by atoms with Crippen LogP contribution in [0.2, 0.25) is 0 Å². The van der Waals surface area contributed by atoms with Gasteiger partial charge in [0, 0.05) is 36.9 Å². The normalized spacial score (nSPS) is 23.3. The number of hydrogen-bond donors (Lipinski definition) is 0. The maximum atomic E-state index is 13.1. The number of hydrogen-bond acceptors (Lipinski definition) is 4. The van der Waals surface area contributed by atoms with Crippen LogP contribution >= 0.6 is 11.3 Å². The maximum Gasteiger partial charge on any atom is 0.230 e. The van der Waals surface area contributed by atoms with Gasteiger partial charge in [-0.15, -0.1) is 11.3 Å². The minimum absolute atomic E-state index is 0.0587. The largest absolute Gasteiger partial charge is 0.341 e. The molecule has 3 aliphatic rings. The Morgan fingerprint density at radius 3 is 2.97 bits per heavy atom. The van der Waals surface area contributed by atoms with Gasteiger partial charge < -0.3 is 9.47 Å². The number of nitrogens with zero attached hydrogens (tertiary/aromatic N) is 4. The predicted molar refractivity (Wildman–Crippen MR) is 119 cm³/mol. The molecular formula is C24H24N4OS. The van der Waals surface area contributed by atoms with Crippen LogP contribution in [0.15, 0.2) is 47.3 Å². The Kier molecular flexibility index (Phi) is 4.16. The second kappa shape index (κ2) is 6.91. The average molecular weight is 417 g/mol. The third-order valence-corrected chi connectivity index (χ3v) is 7.19. The zero-order valence-corrected chi connectivity index (χ0v) is 17.8. The first-order chi connectivity index (χ1) is 14.7. The van der Waals surface area contributed by atoms with Gasteiger partial charge in [0.1, 0.15) is 5.82 Å². The minimum Gasteiger partial charge on any atom is -0.341 e. The van der Waals surface area contributed by atoms with Crippen molar-refractivity contribution in [2.75, 3.05) is 13.1 Å². The second-order valence-corrected chi connectivity index (χ2v) is 9.39. The molecule has 1 amide bonds. The van der Waals surface area contributed by atoms with Crippen molar-refractivity contribution >= 4 is 33.9 Å². The zero-order chi connectivity index (χ0) is 20.2. The molecule has 1 saturated heterocycles. The van der Waals surface area contributed by atoms with E-state index >= 15 is 0 Å². The Morgan fingerprint density at radius 2 is 2.17 bits per heavy atom. The number of allylic oxidation sites excluding steroid dienone is 2. The summed E-state index contributed by atoms with van der Waals surface area (Å²) in [5.74, 6) is 1.50. The minimum atomic E-state index is -0.0587. The lowest BCUT2D eigenvalue weighted by Gasteiger charge is -2.19. The Bertz CT molecular complexity index is 1190. The summed E-state index contributed by atoms with van der Waals surface area (Å²) < 4.78 is 2.42. The van der Waals surface area contributed by atoms with Crippen LogP contribution in [0.4, 0.5) is 0 Å². The van der Waals surface area contributed by atoms with Crippen molar-refractivity contribution < 1.29 is 4.79 Å². The highest BCUT2D eigenvalue weighted by Crippen LogP contribution is 2.41. The summed E-state index contributed by atoms with van der Waals surface area (Å²) >= 11 is 1.60. The molecule has 6 heteroatoms. The Labute approximate surface area is 179 Å². The van der Waals surface area contributed by atoms with Crippen LogP contribution in [0.25, 0.3) is 16.6 Å². The molecule has 0 N–H and O–H groups in total. The lowest BCUT2D eigenvalue weighted by Crippen LogP contribution is -2.29. The highest BCUT2D eigenvalue weighted by Gasteiger charge is 2.42. The number of likely N-dealkylation sites (tertiary alicyclic amines) is 1. The number of rotatable bonds is 5. The van der Waals surface area contributed by atoms with Gasteiger partial charge in [0.05, 0.1) is 28.2 Å². The first-order valence-corrected chi connectivity index (χ1v) is 11.7. The molecule has 0 radical (unpaired) electrons. The summed E-state index contributed by atoms with van der Waals surface area (Å²) in [6.45, 7) is 3.60. The molecule has 0 spiro atoms. The molecule has 6 rings (SSSR count). The fraction of sp³-hybridized carbons (Fsp3) is 0.375. The van der Waals surface area contributed by atoms with Crippen molar-refractivity contribution in [2.24, 2.45) is 11.8 Å². The highest BCUT2D eigenvalue weighted by atomic mass is 32.1. The van der Waals surface area contributed by atoms with Crippen LogP contribution in [-0.2, 0) is 11.2 Å². The number of fused-ring (bicyclic) bond motifs is 2. The van der Waals surface area contributed by atoms with Crippen LogP contribution in [0.1, 0.15) is 36.0 Å².